The molecule has 192 valence electrons. The van der Waals surface area contributed by atoms with E-state index in [2.05, 4.69) is 0 Å². The van der Waals surface area contributed by atoms with Crippen molar-refractivity contribution in [1.82, 2.24) is 0 Å². The molecule has 0 spiro atoms. The number of esters is 3. The van der Waals surface area contributed by atoms with E-state index in [1.54, 1.807) is 114 Å². The second kappa shape index (κ2) is 12.8. The van der Waals surface area contributed by atoms with Gasteiger partial charge in [0.05, 0.1) is 23.3 Å². The Labute approximate surface area is 226 Å². The molecule has 3 aromatic carbocycles. The van der Waals surface area contributed by atoms with Crippen molar-refractivity contribution in [2.75, 3.05) is 6.61 Å². The van der Waals surface area contributed by atoms with Crippen LogP contribution < -0.4 is 0 Å². The first kappa shape index (κ1) is 26.7. The van der Waals surface area contributed by atoms with Crippen LogP contribution in [-0.4, -0.2) is 60.3 Å². The highest BCUT2D eigenvalue weighted by molar-refractivity contribution is 14.1. The molecule has 1 aliphatic heterocycles. The van der Waals surface area contributed by atoms with Crippen molar-refractivity contribution in [2.45, 2.75) is 30.7 Å². The Bertz CT molecular complexity index is 1190. The number of benzene rings is 3. The van der Waals surface area contributed by atoms with Crippen LogP contribution >= 0.6 is 23.0 Å². The molecule has 1 fully saturated rings. The highest BCUT2D eigenvalue weighted by Crippen LogP contribution is 2.32. The first-order valence-electron chi connectivity index (χ1n) is 11.3. The van der Waals surface area contributed by atoms with Gasteiger partial charge in [-0.25, -0.2) is 14.4 Å². The molecule has 0 aromatic heterocycles. The van der Waals surface area contributed by atoms with E-state index in [1.165, 1.54) is 0 Å². The van der Waals surface area contributed by atoms with Crippen LogP contribution in [0.1, 0.15) is 31.1 Å². The first-order chi connectivity index (χ1) is 18.0. The van der Waals surface area contributed by atoms with E-state index in [-0.39, 0.29) is 16.7 Å². The smallest absolute Gasteiger partial charge is 0.340 e. The summed E-state index contributed by atoms with van der Waals surface area (Å²) in [6.07, 6.45) is -6.31. The molecule has 0 aliphatic carbocycles. The zero-order valence-electron chi connectivity index (χ0n) is 19.3. The van der Waals surface area contributed by atoms with E-state index in [4.69, 9.17) is 22.0 Å². The molecule has 5 atom stereocenters. The summed E-state index contributed by atoms with van der Waals surface area (Å²) in [4.78, 5) is 38.6. The second-order valence-electron chi connectivity index (χ2n) is 8.02. The monoisotopic (exact) mass is 618 g/mol. The van der Waals surface area contributed by atoms with Crippen molar-refractivity contribution in [1.29, 1.82) is 0 Å². The van der Waals surface area contributed by atoms with Crippen LogP contribution in [0.3, 0.4) is 0 Å². The van der Waals surface area contributed by atoms with Gasteiger partial charge in [0.2, 0.25) is 6.29 Å². The summed E-state index contributed by atoms with van der Waals surface area (Å²) < 4.78 is 28.3. The summed E-state index contributed by atoms with van der Waals surface area (Å²) in [5.74, 6) is -2.17. The van der Waals surface area contributed by atoms with Crippen molar-refractivity contribution < 1.29 is 41.5 Å². The molecule has 37 heavy (non-hydrogen) atoms. The van der Waals surface area contributed by atoms with Gasteiger partial charge in [-0.1, -0.05) is 54.6 Å². The standard InChI is InChI=1S/C27H23IO9/c28-37-22-21(34-24(30)17-10-4-1-5-11-17)20(16-29)33-27(36-26(32)19-14-8-3-9-15-19)23(22)35-25(31)18-12-6-2-7-13-18/h1-15,20-23,27,29H,16H2/t20?,21-,22+,23?,27+/m1/s1. The minimum Gasteiger partial charge on any atom is -0.453 e. The molecule has 0 saturated carbocycles. The van der Waals surface area contributed by atoms with Crippen LogP contribution in [-0.2, 0) is 22.0 Å². The quantitative estimate of drug-likeness (QED) is 0.229. The van der Waals surface area contributed by atoms with Gasteiger partial charge in [-0.3, -0.25) is 0 Å². The van der Waals surface area contributed by atoms with Gasteiger partial charge in [0.15, 0.2) is 18.3 Å². The normalized spacial score (nSPS) is 23.0. The van der Waals surface area contributed by atoms with E-state index in [0.29, 0.717) is 0 Å². The highest BCUT2D eigenvalue weighted by atomic mass is 127. The van der Waals surface area contributed by atoms with E-state index in [9.17, 15) is 19.5 Å². The maximum atomic E-state index is 12.9. The number of carbonyl (C=O) groups is 3. The Morgan fingerprint density at radius 1 is 0.649 bits per heavy atom. The lowest BCUT2D eigenvalue weighted by Gasteiger charge is -2.43. The lowest BCUT2D eigenvalue weighted by Crippen LogP contribution is -2.62. The molecule has 3 aromatic rings. The number of carbonyl (C=O) groups excluding carboxylic acids is 3. The van der Waals surface area contributed by atoms with Gasteiger partial charge in [-0.05, 0) is 36.4 Å². The number of hydrogen-bond donors (Lipinski definition) is 1. The number of aliphatic hydroxyl groups is 1. The molecule has 0 bridgehead atoms. The molecular weight excluding hydrogens is 595 g/mol. The Morgan fingerprint density at radius 2 is 1.05 bits per heavy atom. The SMILES string of the molecule is O=C(OC1[C@H](OC(=O)c2ccccc2)OC(CO)[C@@H](OC(=O)c2ccccc2)[C@@H]1OI)c1ccccc1. The minimum absolute atomic E-state index is 0.240. The fourth-order valence-corrected chi connectivity index (χ4v) is 4.35. The number of ether oxygens (including phenoxy) is 4. The van der Waals surface area contributed by atoms with E-state index < -0.39 is 55.2 Å². The Morgan fingerprint density at radius 3 is 1.46 bits per heavy atom. The van der Waals surface area contributed by atoms with Gasteiger partial charge >= 0.3 is 17.9 Å². The largest absolute Gasteiger partial charge is 0.453 e. The van der Waals surface area contributed by atoms with E-state index in [1.807, 2.05) is 0 Å². The summed E-state index contributed by atoms with van der Waals surface area (Å²) >= 11 is 1.58. The van der Waals surface area contributed by atoms with Crippen LogP contribution in [0, 0.1) is 0 Å². The third kappa shape index (κ3) is 6.52. The average molecular weight is 618 g/mol. The maximum Gasteiger partial charge on any atom is 0.340 e. The summed E-state index contributed by atoms with van der Waals surface area (Å²) in [6.45, 7) is -0.595. The number of rotatable bonds is 8. The molecule has 0 radical (unpaired) electrons. The third-order valence-corrected chi connectivity index (χ3v) is 6.20. The van der Waals surface area contributed by atoms with E-state index in [0.717, 1.165) is 0 Å². The average Bonchev–Trinajstić information content (AvgIpc) is 2.95. The minimum atomic E-state index is -1.47. The first-order valence-corrected chi connectivity index (χ1v) is 12.2. The fourth-order valence-electron chi connectivity index (χ4n) is 3.77. The molecular formula is C27H23IO9. The predicted octanol–water partition coefficient (Wildman–Crippen LogP) is 3.75. The number of halogens is 1. The molecule has 4 rings (SSSR count). The number of hydrogen-bond acceptors (Lipinski definition) is 9. The summed E-state index contributed by atoms with van der Waals surface area (Å²) in [5.41, 5.74) is 0.746. The van der Waals surface area contributed by atoms with Crippen molar-refractivity contribution >= 4 is 40.9 Å². The van der Waals surface area contributed by atoms with Crippen molar-refractivity contribution in [2.24, 2.45) is 0 Å². The lowest BCUT2D eigenvalue weighted by molar-refractivity contribution is -0.275. The molecule has 1 saturated heterocycles. The summed E-state index contributed by atoms with van der Waals surface area (Å²) in [5, 5.41) is 10.1. The topological polar surface area (TPSA) is 118 Å². The van der Waals surface area contributed by atoms with Crippen molar-refractivity contribution in [3.05, 3.63) is 108 Å². The predicted molar refractivity (Wildman–Crippen MR) is 138 cm³/mol. The maximum absolute atomic E-state index is 12.9. The Kier molecular flexibility index (Phi) is 9.23. The number of aliphatic hydroxyl groups excluding tert-OH is 1. The fraction of sp³-hybridized carbons (Fsp3) is 0.222. The van der Waals surface area contributed by atoms with Gasteiger partial charge in [0, 0.05) is 0 Å². The van der Waals surface area contributed by atoms with Gasteiger partial charge in [0.1, 0.15) is 29.1 Å². The van der Waals surface area contributed by atoms with Crippen LogP contribution in [0.5, 0.6) is 0 Å². The summed E-state index contributed by atoms with van der Waals surface area (Å²) in [6, 6.07) is 24.6. The van der Waals surface area contributed by atoms with Crippen molar-refractivity contribution in [3.63, 3.8) is 0 Å². The zero-order valence-corrected chi connectivity index (χ0v) is 21.5. The van der Waals surface area contributed by atoms with Crippen molar-refractivity contribution in [3.8, 4) is 0 Å². The molecule has 0 amide bonds. The molecule has 1 N–H and O–H groups in total. The molecule has 10 heteroatoms. The Hall–Kier alpha value is -3.32. The highest BCUT2D eigenvalue weighted by Gasteiger charge is 2.52. The van der Waals surface area contributed by atoms with E-state index >= 15 is 0 Å². The molecule has 1 aliphatic rings. The van der Waals surface area contributed by atoms with Gasteiger partial charge in [0.25, 0.3) is 0 Å². The zero-order chi connectivity index (χ0) is 26.2. The van der Waals surface area contributed by atoms with Gasteiger partial charge in [-0.15, -0.1) is 0 Å². The van der Waals surface area contributed by atoms with Gasteiger partial charge < -0.3 is 27.1 Å². The third-order valence-electron chi connectivity index (χ3n) is 5.61. The van der Waals surface area contributed by atoms with Crippen LogP contribution in [0.2, 0.25) is 0 Å². The van der Waals surface area contributed by atoms with Crippen LogP contribution in [0.4, 0.5) is 0 Å². The van der Waals surface area contributed by atoms with Gasteiger partial charge in [-0.2, -0.15) is 0 Å². The molecule has 9 nitrogen and oxygen atoms in total. The second-order valence-corrected chi connectivity index (χ2v) is 8.53. The molecule has 2 unspecified atom stereocenters. The van der Waals surface area contributed by atoms with Crippen LogP contribution in [0.25, 0.3) is 0 Å². The lowest BCUT2D eigenvalue weighted by atomic mass is 9.98. The molecule has 1 heterocycles. The van der Waals surface area contributed by atoms with Crippen LogP contribution in [0.15, 0.2) is 91.0 Å². The summed E-state index contributed by atoms with van der Waals surface area (Å²) in [7, 11) is 0. The Balaban J connectivity index is 1.63.